The second-order valence-electron chi connectivity index (χ2n) is 8.02. The van der Waals surface area contributed by atoms with Gasteiger partial charge in [0.2, 0.25) is 0 Å². The van der Waals surface area contributed by atoms with Gasteiger partial charge in [0.25, 0.3) is 0 Å². The average molecular weight is 381 g/mol. The molecule has 0 aliphatic carbocycles. The minimum Gasteiger partial charge on any atom is -0.381 e. The Hall–Kier alpha value is -2.24. The third kappa shape index (κ3) is 3.69. The number of pyridine rings is 1. The zero-order valence-electron chi connectivity index (χ0n) is 16.9. The zero-order valence-corrected chi connectivity index (χ0v) is 16.9. The van der Waals surface area contributed by atoms with Gasteiger partial charge in [-0.25, -0.2) is 9.37 Å². The van der Waals surface area contributed by atoms with Crippen LogP contribution >= 0.6 is 0 Å². The smallest absolute Gasteiger partial charge is 0.140 e. The standard InChI is InChI=1S/C23H28FN3O/c1-17-6-8-19(9-7-17)21-20(27-12-4-5-18(2)22(27)25-21)15-26-13-10-23(24,11-14-26)16-28-3/h4-9,12H,10-11,13-16H2,1-3H3. The summed E-state index contributed by atoms with van der Waals surface area (Å²) in [5.74, 6) is 0. The van der Waals surface area contributed by atoms with Gasteiger partial charge in [0, 0.05) is 38.5 Å². The highest BCUT2D eigenvalue weighted by Gasteiger charge is 2.35. The molecule has 1 aliphatic rings. The Morgan fingerprint density at radius 2 is 1.82 bits per heavy atom. The van der Waals surface area contributed by atoms with Gasteiger partial charge in [-0.05, 0) is 38.3 Å². The van der Waals surface area contributed by atoms with Crippen molar-refractivity contribution in [1.82, 2.24) is 14.3 Å². The summed E-state index contributed by atoms with van der Waals surface area (Å²) in [7, 11) is 1.57. The van der Waals surface area contributed by atoms with Crippen LogP contribution in [0.5, 0.6) is 0 Å². The van der Waals surface area contributed by atoms with Crippen molar-refractivity contribution in [1.29, 1.82) is 0 Å². The Labute approximate surface area is 166 Å². The summed E-state index contributed by atoms with van der Waals surface area (Å²) >= 11 is 0. The Kier molecular flexibility index (Phi) is 5.21. The molecule has 3 aromatic rings. The molecule has 1 aliphatic heterocycles. The molecule has 0 N–H and O–H groups in total. The lowest BCUT2D eigenvalue weighted by Crippen LogP contribution is -2.44. The molecular formula is C23H28FN3O. The number of aromatic nitrogens is 2. The van der Waals surface area contributed by atoms with Crippen LogP contribution in [0.3, 0.4) is 0 Å². The van der Waals surface area contributed by atoms with Crippen molar-refractivity contribution in [3.8, 4) is 11.3 Å². The lowest BCUT2D eigenvalue weighted by Gasteiger charge is -2.35. The number of piperidine rings is 1. The Morgan fingerprint density at radius 3 is 2.50 bits per heavy atom. The van der Waals surface area contributed by atoms with Crippen LogP contribution in [0.1, 0.15) is 29.7 Å². The summed E-state index contributed by atoms with van der Waals surface area (Å²) in [6.07, 6.45) is 3.10. The number of benzene rings is 1. The number of fused-ring (bicyclic) bond motifs is 1. The number of rotatable bonds is 5. The van der Waals surface area contributed by atoms with Gasteiger partial charge >= 0.3 is 0 Å². The van der Waals surface area contributed by atoms with Gasteiger partial charge in [0.15, 0.2) is 0 Å². The van der Waals surface area contributed by atoms with Crippen molar-refractivity contribution in [2.75, 3.05) is 26.8 Å². The maximum absolute atomic E-state index is 14.7. The van der Waals surface area contributed by atoms with E-state index in [1.54, 1.807) is 7.11 Å². The van der Waals surface area contributed by atoms with Crippen molar-refractivity contribution in [2.24, 2.45) is 0 Å². The van der Waals surface area contributed by atoms with Crippen molar-refractivity contribution in [3.63, 3.8) is 0 Å². The van der Waals surface area contributed by atoms with E-state index >= 15 is 0 Å². The van der Waals surface area contributed by atoms with E-state index in [0.29, 0.717) is 12.8 Å². The molecule has 2 aromatic heterocycles. The number of halogens is 1. The summed E-state index contributed by atoms with van der Waals surface area (Å²) in [5, 5.41) is 0. The highest BCUT2D eigenvalue weighted by molar-refractivity contribution is 5.68. The van der Waals surface area contributed by atoms with Gasteiger partial charge in [0.1, 0.15) is 11.3 Å². The Morgan fingerprint density at radius 1 is 1.11 bits per heavy atom. The highest BCUT2D eigenvalue weighted by atomic mass is 19.1. The highest BCUT2D eigenvalue weighted by Crippen LogP contribution is 2.31. The summed E-state index contributed by atoms with van der Waals surface area (Å²) in [4.78, 5) is 7.31. The number of alkyl halides is 1. The maximum atomic E-state index is 14.7. The first-order valence-electron chi connectivity index (χ1n) is 9.93. The lowest BCUT2D eigenvalue weighted by molar-refractivity contribution is -0.0104. The molecule has 0 saturated carbocycles. The van der Waals surface area contributed by atoms with E-state index in [-0.39, 0.29) is 6.61 Å². The molecule has 1 saturated heterocycles. The van der Waals surface area contributed by atoms with Crippen molar-refractivity contribution in [2.45, 2.75) is 38.9 Å². The summed E-state index contributed by atoms with van der Waals surface area (Å²) in [6, 6.07) is 12.7. The third-order valence-corrected chi connectivity index (χ3v) is 5.80. The molecule has 28 heavy (non-hydrogen) atoms. The Bertz CT molecular complexity index is 956. The van der Waals surface area contributed by atoms with Gasteiger partial charge in [0.05, 0.1) is 18.0 Å². The molecule has 0 amide bonds. The molecule has 0 radical (unpaired) electrons. The summed E-state index contributed by atoms with van der Waals surface area (Å²) < 4.78 is 22.0. The van der Waals surface area contributed by atoms with Gasteiger partial charge in [-0.15, -0.1) is 0 Å². The number of methoxy groups -OCH3 is 1. The Balaban J connectivity index is 1.67. The molecule has 148 valence electrons. The van der Waals surface area contributed by atoms with E-state index in [4.69, 9.17) is 9.72 Å². The molecule has 4 rings (SSSR count). The predicted octanol–water partition coefficient (Wildman–Crippen LogP) is 4.57. The molecule has 0 unspecified atom stereocenters. The van der Waals surface area contributed by atoms with Gasteiger partial charge in [-0.3, -0.25) is 4.90 Å². The average Bonchev–Trinajstić information content (AvgIpc) is 3.04. The first-order chi connectivity index (χ1) is 13.5. The predicted molar refractivity (Wildman–Crippen MR) is 110 cm³/mol. The quantitative estimate of drug-likeness (QED) is 0.648. The van der Waals surface area contributed by atoms with Crippen LogP contribution in [-0.2, 0) is 11.3 Å². The van der Waals surface area contributed by atoms with Crippen molar-refractivity contribution < 1.29 is 9.13 Å². The number of hydrogen-bond donors (Lipinski definition) is 0. The first-order valence-corrected chi connectivity index (χ1v) is 9.93. The number of aryl methyl sites for hydroxylation is 2. The molecule has 5 heteroatoms. The number of imidazole rings is 1. The summed E-state index contributed by atoms with van der Waals surface area (Å²) in [6.45, 7) is 6.59. The topological polar surface area (TPSA) is 29.8 Å². The normalized spacial score (nSPS) is 17.3. The number of hydrogen-bond acceptors (Lipinski definition) is 3. The molecule has 0 atom stereocenters. The molecule has 0 bridgehead atoms. The molecule has 1 fully saturated rings. The first kappa shape index (κ1) is 19.1. The lowest BCUT2D eigenvalue weighted by atomic mass is 9.94. The van der Waals surface area contributed by atoms with E-state index in [0.717, 1.165) is 42.1 Å². The van der Waals surface area contributed by atoms with Gasteiger partial charge in [-0.1, -0.05) is 35.9 Å². The van der Waals surface area contributed by atoms with Crippen LogP contribution in [-0.4, -0.2) is 46.8 Å². The van der Waals surface area contributed by atoms with Crippen LogP contribution < -0.4 is 0 Å². The second-order valence-corrected chi connectivity index (χ2v) is 8.02. The number of ether oxygens (including phenoxy) is 1. The minimum atomic E-state index is -1.19. The fraction of sp³-hybridized carbons (Fsp3) is 0.435. The third-order valence-electron chi connectivity index (χ3n) is 5.80. The van der Waals surface area contributed by atoms with Crippen LogP contribution in [0.4, 0.5) is 4.39 Å². The number of likely N-dealkylation sites (tertiary alicyclic amines) is 1. The SMILES string of the molecule is COCC1(F)CCN(Cc2c(-c3ccc(C)cc3)nc3c(C)cccn23)CC1. The van der Waals surface area contributed by atoms with E-state index in [2.05, 4.69) is 65.7 Å². The van der Waals surface area contributed by atoms with Gasteiger partial charge in [-0.2, -0.15) is 0 Å². The molecular weight excluding hydrogens is 353 g/mol. The van der Waals surface area contributed by atoms with E-state index in [9.17, 15) is 4.39 Å². The van der Waals surface area contributed by atoms with Gasteiger partial charge < -0.3 is 9.14 Å². The number of nitrogens with zero attached hydrogens (tertiary/aromatic N) is 3. The van der Waals surface area contributed by atoms with Crippen LogP contribution in [0.25, 0.3) is 16.9 Å². The van der Waals surface area contributed by atoms with Crippen LogP contribution in [0, 0.1) is 13.8 Å². The fourth-order valence-electron chi connectivity index (χ4n) is 4.07. The van der Waals surface area contributed by atoms with E-state index in [1.165, 1.54) is 11.3 Å². The summed E-state index contributed by atoms with van der Waals surface area (Å²) in [5.41, 5.74) is 5.50. The molecule has 4 nitrogen and oxygen atoms in total. The molecule has 0 spiro atoms. The minimum absolute atomic E-state index is 0.185. The fourth-order valence-corrected chi connectivity index (χ4v) is 4.07. The van der Waals surface area contributed by atoms with Crippen LogP contribution in [0.15, 0.2) is 42.6 Å². The monoisotopic (exact) mass is 381 g/mol. The largest absolute Gasteiger partial charge is 0.381 e. The second kappa shape index (κ2) is 7.64. The maximum Gasteiger partial charge on any atom is 0.140 e. The van der Waals surface area contributed by atoms with E-state index in [1.807, 2.05) is 0 Å². The molecule has 3 heterocycles. The van der Waals surface area contributed by atoms with E-state index < -0.39 is 5.67 Å². The zero-order chi connectivity index (χ0) is 19.7. The van der Waals surface area contributed by atoms with Crippen LogP contribution in [0.2, 0.25) is 0 Å². The van der Waals surface area contributed by atoms with Crippen molar-refractivity contribution >= 4 is 5.65 Å². The van der Waals surface area contributed by atoms with Crippen molar-refractivity contribution in [3.05, 3.63) is 59.4 Å². The molecule has 1 aromatic carbocycles.